The zero-order chi connectivity index (χ0) is 20.8. The molecule has 0 aliphatic carbocycles. The quantitative estimate of drug-likeness (QED) is 0.606. The number of hydrogen-bond acceptors (Lipinski definition) is 4. The minimum atomic E-state index is -0.111. The summed E-state index contributed by atoms with van der Waals surface area (Å²) in [6.07, 6.45) is 3.47. The molecule has 2 aromatic rings. The molecule has 0 radical (unpaired) electrons. The molecule has 0 aromatic heterocycles. The van der Waals surface area contributed by atoms with Gasteiger partial charge in [-0.05, 0) is 68.6 Å². The fourth-order valence-electron chi connectivity index (χ4n) is 3.28. The van der Waals surface area contributed by atoms with Crippen molar-refractivity contribution >= 4 is 58.2 Å². The van der Waals surface area contributed by atoms with E-state index in [1.165, 1.54) is 0 Å². The molecule has 8 heteroatoms. The van der Waals surface area contributed by atoms with Crippen molar-refractivity contribution in [1.82, 2.24) is 4.90 Å². The van der Waals surface area contributed by atoms with Gasteiger partial charge in [-0.25, -0.2) is 0 Å². The van der Waals surface area contributed by atoms with Crippen molar-refractivity contribution in [2.24, 2.45) is 5.92 Å². The van der Waals surface area contributed by atoms with Crippen molar-refractivity contribution in [3.8, 4) is 0 Å². The number of piperidine rings is 1. The van der Waals surface area contributed by atoms with Gasteiger partial charge in [0.25, 0.3) is 0 Å². The average molecular weight is 452 g/mol. The number of likely N-dealkylation sites (tertiary alicyclic amines) is 1. The molecule has 0 saturated carbocycles. The minimum Gasteiger partial charge on any atom is -0.326 e. The molecule has 0 atom stereocenters. The number of halogens is 2. The van der Waals surface area contributed by atoms with Crippen LogP contribution in [0.1, 0.15) is 12.8 Å². The molecule has 1 saturated heterocycles. The number of benzene rings is 2. The van der Waals surface area contributed by atoms with Crippen molar-refractivity contribution in [2.45, 2.75) is 17.7 Å². The number of anilines is 2. The summed E-state index contributed by atoms with van der Waals surface area (Å²) >= 11 is 13.5. The molecule has 0 spiro atoms. The summed E-state index contributed by atoms with van der Waals surface area (Å²) in [5.41, 5.74) is 1.44. The number of nitrogens with zero attached hydrogens (tertiary/aromatic N) is 1. The zero-order valence-electron chi connectivity index (χ0n) is 16.1. The summed E-state index contributed by atoms with van der Waals surface area (Å²) in [7, 11) is 0. The Hall–Kier alpha value is -1.73. The highest BCUT2D eigenvalue weighted by Crippen LogP contribution is 2.25. The number of amides is 2. The van der Waals surface area contributed by atoms with Gasteiger partial charge in [-0.1, -0.05) is 29.3 Å². The summed E-state index contributed by atoms with van der Waals surface area (Å²) < 4.78 is 0. The first-order valence-electron chi connectivity index (χ1n) is 9.37. The Balaban J connectivity index is 1.45. The molecule has 2 N–H and O–H groups in total. The summed E-state index contributed by atoms with van der Waals surface area (Å²) in [6, 6.07) is 12.8. The van der Waals surface area contributed by atoms with Crippen LogP contribution in [0.4, 0.5) is 11.4 Å². The van der Waals surface area contributed by atoms with Crippen LogP contribution in [-0.2, 0) is 9.59 Å². The number of thioether (sulfide) groups is 1. The number of carbonyl (C=O) groups excluding carboxylic acids is 2. The molecule has 2 aromatic carbocycles. The van der Waals surface area contributed by atoms with E-state index in [2.05, 4.69) is 15.5 Å². The van der Waals surface area contributed by atoms with Gasteiger partial charge in [-0.2, -0.15) is 0 Å². The minimum absolute atomic E-state index is 0.0395. The molecule has 0 bridgehead atoms. The summed E-state index contributed by atoms with van der Waals surface area (Å²) in [6.45, 7) is 1.69. The standard InChI is InChI=1S/C21H23Cl2N3O2S/c1-29-17-4-2-3-15(11-17)25-21(28)14-7-9-26(10-8-14)13-20(27)24-16-5-6-18(22)19(23)12-16/h2-6,11-12,14H,7-10,13H2,1H3,(H,24,27)(H,25,28). The third-order valence-corrected chi connectivity index (χ3v) is 6.33. The maximum Gasteiger partial charge on any atom is 0.238 e. The second-order valence-electron chi connectivity index (χ2n) is 6.95. The van der Waals surface area contributed by atoms with Crippen LogP contribution in [0.3, 0.4) is 0 Å². The largest absolute Gasteiger partial charge is 0.326 e. The van der Waals surface area contributed by atoms with Gasteiger partial charge >= 0.3 is 0 Å². The van der Waals surface area contributed by atoms with Gasteiger partial charge in [-0.15, -0.1) is 11.8 Å². The second-order valence-corrected chi connectivity index (χ2v) is 8.64. The highest BCUT2D eigenvalue weighted by atomic mass is 35.5. The highest BCUT2D eigenvalue weighted by molar-refractivity contribution is 7.98. The first-order valence-corrected chi connectivity index (χ1v) is 11.3. The Labute approximate surface area is 185 Å². The maximum absolute atomic E-state index is 12.6. The predicted octanol–water partition coefficient (Wildman–Crippen LogP) is 5.00. The zero-order valence-corrected chi connectivity index (χ0v) is 18.4. The molecule has 1 aliphatic heterocycles. The summed E-state index contributed by atoms with van der Waals surface area (Å²) in [5, 5.41) is 6.69. The lowest BCUT2D eigenvalue weighted by Crippen LogP contribution is -2.41. The molecule has 0 unspecified atom stereocenters. The van der Waals surface area contributed by atoms with Crippen LogP contribution in [0.2, 0.25) is 10.0 Å². The smallest absolute Gasteiger partial charge is 0.238 e. The van der Waals surface area contributed by atoms with Gasteiger partial charge < -0.3 is 10.6 Å². The normalized spacial score (nSPS) is 15.1. The molecule has 154 valence electrons. The lowest BCUT2D eigenvalue weighted by molar-refractivity contribution is -0.121. The Morgan fingerprint density at radius 2 is 1.76 bits per heavy atom. The molecule has 1 fully saturated rings. The molecule has 3 rings (SSSR count). The number of nitrogens with one attached hydrogen (secondary N) is 2. The van der Waals surface area contributed by atoms with E-state index in [-0.39, 0.29) is 24.3 Å². The molecule has 29 heavy (non-hydrogen) atoms. The van der Waals surface area contributed by atoms with Gasteiger partial charge in [0.1, 0.15) is 0 Å². The third-order valence-electron chi connectivity index (χ3n) is 4.87. The van der Waals surface area contributed by atoms with E-state index in [0.29, 0.717) is 28.8 Å². The van der Waals surface area contributed by atoms with E-state index in [9.17, 15) is 9.59 Å². The maximum atomic E-state index is 12.6. The lowest BCUT2D eigenvalue weighted by Gasteiger charge is -2.30. The SMILES string of the molecule is CSc1cccc(NC(=O)C2CCN(CC(=O)Nc3ccc(Cl)c(Cl)c3)CC2)c1. The summed E-state index contributed by atoms with van der Waals surface area (Å²) in [4.78, 5) is 28.0. The third kappa shape index (κ3) is 6.37. The van der Waals surface area contributed by atoms with E-state index in [1.54, 1.807) is 30.0 Å². The van der Waals surface area contributed by atoms with Gasteiger partial charge in [0.15, 0.2) is 0 Å². The van der Waals surface area contributed by atoms with Crippen molar-refractivity contribution in [3.05, 3.63) is 52.5 Å². The molecular weight excluding hydrogens is 429 g/mol. The first-order chi connectivity index (χ1) is 13.9. The number of hydrogen-bond donors (Lipinski definition) is 2. The molecule has 1 heterocycles. The highest BCUT2D eigenvalue weighted by Gasteiger charge is 2.26. The Morgan fingerprint density at radius 1 is 1.03 bits per heavy atom. The van der Waals surface area contributed by atoms with E-state index >= 15 is 0 Å². The van der Waals surface area contributed by atoms with Crippen LogP contribution in [0, 0.1) is 5.92 Å². The first kappa shape index (κ1) is 22.0. The van der Waals surface area contributed by atoms with Crippen LogP contribution < -0.4 is 10.6 Å². The fourth-order valence-corrected chi connectivity index (χ4v) is 4.03. The predicted molar refractivity (Wildman–Crippen MR) is 121 cm³/mol. The topological polar surface area (TPSA) is 61.4 Å². The van der Waals surface area contributed by atoms with Crippen LogP contribution in [-0.4, -0.2) is 42.6 Å². The van der Waals surface area contributed by atoms with Gasteiger partial charge in [-0.3, -0.25) is 14.5 Å². The van der Waals surface area contributed by atoms with E-state index < -0.39 is 0 Å². The molecule has 2 amide bonds. The van der Waals surface area contributed by atoms with Crippen LogP contribution in [0.25, 0.3) is 0 Å². The summed E-state index contributed by atoms with van der Waals surface area (Å²) in [5.74, 6) is -0.106. The Kier molecular flexibility index (Phi) is 7.84. The van der Waals surface area contributed by atoms with Crippen molar-refractivity contribution < 1.29 is 9.59 Å². The number of carbonyl (C=O) groups is 2. The average Bonchev–Trinajstić information content (AvgIpc) is 2.71. The van der Waals surface area contributed by atoms with E-state index in [4.69, 9.17) is 23.2 Å². The Morgan fingerprint density at radius 3 is 2.45 bits per heavy atom. The number of rotatable bonds is 6. The van der Waals surface area contributed by atoms with E-state index in [0.717, 1.165) is 23.4 Å². The van der Waals surface area contributed by atoms with Gasteiger partial charge in [0.05, 0.1) is 16.6 Å². The Bertz CT molecular complexity index is 886. The lowest BCUT2D eigenvalue weighted by atomic mass is 9.96. The fraction of sp³-hybridized carbons (Fsp3) is 0.333. The van der Waals surface area contributed by atoms with Crippen LogP contribution in [0.15, 0.2) is 47.4 Å². The van der Waals surface area contributed by atoms with Gasteiger partial charge in [0.2, 0.25) is 11.8 Å². The van der Waals surface area contributed by atoms with Crippen molar-refractivity contribution in [2.75, 3.05) is 36.5 Å². The monoisotopic (exact) mass is 451 g/mol. The van der Waals surface area contributed by atoms with Crippen molar-refractivity contribution in [3.63, 3.8) is 0 Å². The molecule has 1 aliphatic rings. The van der Waals surface area contributed by atoms with E-state index in [1.807, 2.05) is 30.5 Å². The van der Waals surface area contributed by atoms with Crippen LogP contribution in [0.5, 0.6) is 0 Å². The van der Waals surface area contributed by atoms with Crippen molar-refractivity contribution in [1.29, 1.82) is 0 Å². The molecular formula is C21H23Cl2N3O2S. The van der Waals surface area contributed by atoms with Gasteiger partial charge in [0, 0.05) is 22.2 Å². The van der Waals surface area contributed by atoms with Crippen LogP contribution >= 0.6 is 35.0 Å². The second kappa shape index (κ2) is 10.3. The molecule has 5 nitrogen and oxygen atoms in total.